The number of benzene rings is 1. The molecule has 6 heteroatoms. The van der Waals surface area contributed by atoms with E-state index in [9.17, 15) is 8.42 Å². The van der Waals surface area contributed by atoms with Crippen LogP contribution in [0.25, 0.3) is 0 Å². The molecule has 0 aliphatic heterocycles. The van der Waals surface area contributed by atoms with Crippen LogP contribution >= 0.6 is 0 Å². The predicted molar refractivity (Wildman–Crippen MR) is 84.4 cm³/mol. The summed E-state index contributed by atoms with van der Waals surface area (Å²) in [6, 6.07) is 6.83. The number of sulfonamides is 1. The maximum absolute atomic E-state index is 12.2. The highest BCUT2D eigenvalue weighted by Gasteiger charge is 2.21. The Bertz CT molecular complexity index is 588. The number of nitrogens with one attached hydrogen (secondary N) is 1. The molecule has 1 saturated carbocycles. The Morgan fingerprint density at radius 3 is 2.43 bits per heavy atom. The molecular formula is C15H22N2O3S. The van der Waals surface area contributed by atoms with Crippen LogP contribution in [0.2, 0.25) is 0 Å². The summed E-state index contributed by atoms with van der Waals surface area (Å²) < 4.78 is 27.0. The van der Waals surface area contributed by atoms with Crippen molar-refractivity contribution in [2.24, 2.45) is 11.1 Å². The van der Waals surface area contributed by atoms with E-state index in [1.165, 1.54) is 6.42 Å². The quantitative estimate of drug-likeness (QED) is 0.498. The van der Waals surface area contributed by atoms with E-state index < -0.39 is 10.0 Å². The molecule has 0 aromatic heterocycles. The summed E-state index contributed by atoms with van der Waals surface area (Å²) in [5.41, 5.74) is 1.79. The van der Waals surface area contributed by atoms with Gasteiger partial charge in [0.05, 0.1) is 11.5 Å². The molecule has 2 rings (SSSR count). The summed E-state index contributed by atoms with van der Waals surface area (Å²) in [7, 11) is -3.30. The Morgan fingerprint density at radius 1 is 1.24 bits per heavy atom. The van der Waals surface area contributed by atoms with E-state index in [1.54, 1.807) is 31.2 Å². The third-order valence-corrected chi connectivity index (χ3v) is 5.36. The molecular weight excluding hydrogens is 288 g/mol. The topological polar surface area (TPSA) is 78.8 Å². The van der Waals surface area contributed by atoms with E-state index in [0.717, 1.165) is 31.2 Å². The first-order chi connectivity index (χ1) is 10.00. The summed E-state index contributed by atoms with van der Waals surface area (Å²) in [4.78, 5) is 0. The van der Waals surface area contributed by atoms with Crippen molar-refractivity contribution in [2.75, 3.05) is 10.5 Å². The smallest absolute Gasteiger partial charge is 0.232 e. The molecule has 5 nitrogen and oxygen atoms in total. The average Bonchev–Trinajstić information content (AvgIpc) is 2.47. The second kappa shape index (κ2) is 6.93. The highest BCUT2D eigenvalue weighted by Crippen LogP contribution is 2.25. The third kappa shape index (κ3) is 4.74. The lowest BCUT2D eigenvalue weighted by Gasteiger charge is -2.21. The first-order valence-corrected chi connectivity index (χ1v) is 8.95. The van der Waals surface area contributed by atoms with Crippen molar-refractivity contribution >= 4 is 21.4 Å². The van der Waals surface area contributed by atoms with Crippen molar-refractivity contribution in [3.63, 3.8) is 0 Å². The maximum atomic E-state index is 12.2. The molecule has 0 spiro atoms. The normalized spacial score (nSPS) is 17.7. The van der Waals surface area contributed by atoms with E-state index >= 15 is 0 Å². The third-order valence-electron chi connectivity index (χ3n) is 3.91. The Hall–Kier alpha value is -1.56. The minimum atomic E-state index is -3.30. The van der Waals surface area contributed by atoms with E-state index in [-0.39, 0.29) is 11.7 Å². The van der Waals surface area contributed by atoms with Gasteiger partial charge in [0.2, 0.25) is 10.0 Å². The lowest BCUT2D eigenvalue weighted by Crippen LogP contribution is -2.24. The van der Waals surface area contributed by atoms with Crippen molar-refractivity contribution in [3.8, 4) is 0 Å². The Morgan fingerprint density at radius 2 is 1.86 bits per heavy atom. The van der Waals surface area contributed by atoms with Crippen molar-refractivity contribution in [1.29, 1.82) is 0 Å². The molecule has 0 amide bonds. The van der Waals surface area contributed by atoms with Crippen LogP contribution < -0.4 is 4.72 Å². The molecule has 21 heavy (non-hydrogen) atoms. The lowest BCUT2D eigenvalue weighted by molar-refractivity contribution is 0.319. The van der Waals surface area contributed by atoms with Crippen LogP contribution in [-0.4, -0.2) is 25.1 Å². The van der Waals surface area contributed by atoms with Gasteiger partial charge in [0.1, 0.15) is 0 Å². The van der Waals surface area contributed by atoms with Gasteiger partial charge in [0.25, 0.3) is 0 Å². The number of hydrogen-bond donors (Lipinski definition) is 2. The second-order valence-corrected chi connectivity index (χ2v) is 7.42. The van der Waals surface area contributed by atoms with Gasteiger partial charge in [-0.05, 0) is 43.4 Å². The fraction of sp³-hybridized carbons (Fsp3) is 0.533. The molecule has 0 bridgehead atoms. The zero-order valence-electron chi connectivity index (χ0n) is 12.2. The second-order valence-electron chi connectivity index (χ2n) is 5.65. The van der Waals surface area contributed by atoms with E-state index in [1.807, 2.05) is 0 Å². The maximum Gasteiger partial charge on any atom is 0.232 e. The summed E-state index contributed by atoms with van der Waals surface area (Å²) >= 11 is 0. The van der Waals surface area contributed by atoms with Gasteiger partial charge in [-0.3, -0.25) is 4.72 Å². The number of oxime groups is 1. The van der Waals surface area contributed by atoms with Crippen LogP contribution in [0.15, 0.2) is 29.4 Å². The van der Waals surface area contributed by atoms with Gasteiger partial charge < -0.3 is 5.21 Å². The molecule has 1 aliphatic rings. The van der Waals surface area contributed by atoms with Crippen molar-refractivity contribution in [3.05, 3.63) is 29.8 Å². The van der Waals surface area contributed by atoms with E-state index in [2.05, 4.69) is 9.88 Å². The average molecular weight is 310 g/mol. The monoisotopic (exact) mass is 310 g/mol. The number of nitrogens with zero attached hydrogens (tertiary/aromatic N) is 1. The van der Waals surface area contributed by atoms with Gasteiger partial charge in [-0.2, -0.15) is 0 Å². The zero-order valence-corrected chi connectivity index (χ0v) is 13.1. The summed E-state index contributed by atoms with van der Waals surface area (Å²) in [6.45, 7) is 1.68. The van der Waals surface area contributed by atoms with Crippen LogP contribution in [0.1, 0.15) is 44.6 Å². The highest BCUT2D eigenvalue weighted by atomic mass is 32.2. The molecule has 0 heterocycles. The molecule has 0 saturated heterocycles. The van der Waals surface area contributed by atoms with Crippen LogP contribution in [0, 0.1) is 5.92 Å². The van der Waals surface area contributed by atoms with Crippen LogP contribution in [0.5, 0.6) is 0 Å². The first-order valence-electron chi connectivity index (χ1n) is 7.30. The SMILES string of the molecule is CC(=NO)c1ccc(NS(=O)(=O)CC2CCCCC2)cc1. The predicted octanol–water partition coefficient (Wildman–Crippen LogP) is 3.21. The number of anilines is 1. The van der Waals surface area contributed by atoms with Crippen LogP contribution in [0.3, 0.4) is 0 Å². The van der Waals surface area contributed by atoms with Crippen molar-refractivity contribution in [1.82, 2.24) is 0 Å². The molecule has 2 N–H and O–H groups in total. The summed E-state index contributed by atoms with van der Waals surface area (Å²) in [5.74, 6) is 0.477. The molecule has 0 unspecified atom stereocenters. The van der Waals surface area contributed by atoms with Gasteiger partial charge in [0.15, 0.2) is 0 Å². The van der Waals surface area contributed by atoms with Crippen LogP contribution in [0.4, 0.5) is 5.69 Å². The fourth-order valence-electron chi connectivity index (χ4n) is 2.72. The lowest BCUT2D eigenvalue weighted by atomic mass is 9.91. The van der Waals surface area contributed by atoms with Crippen molar-refractivity contribution in [2.45, 2.75) is 39.0 Å². The van der Waals surface area contributed by atoms with Gasteiger partial charge >= 0.3 is 0 Å². The minimum Gasteiger partial charge on any atom is -0.411 e. The Labute approximate surface area is 126 Å². The molecule has 0 radical (unpaired) electrons. The minimum absolute atomic E-state index is 0.200. The van der Waals surface area contributed by atoms with Crippen LogP contribution in [-0.2, 0) is 10.0 Å². The molecule has 1 fully saturated rings. The standard InChI is InChI=1S/C15H22N2O3S/c1-12(16-18)14-7-9-15(10-8-14)17-21(19,20)11-13-5-3-2-4-6-13/h7-10,13,17-18H,2-6,11H2,1H3. The molecule has 0 atom stereocenters. The van der Waals surface area contributed by atoms with Crippen molar-refractivity contribution < 1.29 is 13.6 Å². The molecule has 1 aromatic carbocycles. The molecule has 1 aromatic rings. The molecule has 116 valence electrons. The van der Waals surface area contributed by atoms with E-state index in [4.69, 9.17) is 5.21 Å². The Kier molecular flexibility index (Phi) is 5.22. The van der Waals surface area contributed by atoms with Gasteiger partial charge in [0, 0.05) is 5.69 Å². The summed E-state index contributed by atoms with van der Waals surface area (Å²) in [6.07, 6.45) is 5.50. The zero-order chi connectivity index (χ0) is 15.3. The van der Waals surface area contributed by atoms with Gasteiger partial charge in [-0.15, -0.1) is 0 Å². The Balaban J connectivity index is 1.99. The largest absolute Gasteiger partial charge is 0.411 e. The van der Waals surface area contributed by atoms with Gasteiger partial charge in [-0.25, -0.2) is 8.42 Å². The fourth-order valence-corrected chi connectivity index (χ4v) is 4.26. The molecule has 1 aliphatic carbocycles. The summed E-state index contributed by atoms with van der Waals surface area (Å²) in [5, 5.41) is 11.8. The number of rotatable bonds is 5. The number of hydrogen-bond acceptors (Lipinski definition) is 4. The highest BCUT2D eigenvalue weighted by molar-refractivity contribution is 7.92. The van der Waals surface area contributed by atoms with Gasteiger partial charge in [-0.1, -0.05) is 36.6 Å². The van der Waals surface area contributed by atoms with E-state index in [0.29, 0.717) is 11.4 Å². The first kappa shape index (κ1) is 15.8.